The van der Waals surface area contributed by atoms with E-state index in [1.165, 1.54) is 0 Å². The van der Waals surface area contributed by atoms with Crippen LogP contribution in [-0.4, -0.2) is 13.8 Å². The highest BCUT2D eigenvalue weighted by Crippen LogP contribution is 1.61. The maximum absolute atomic E-state index is 9.15. The standard InChI is InChI=1S/C2H6N2O2/c1-3-6-2-4-5/h3H,2H2,1H3. The van der Waals surface area contributed by atoms with Crippen molar-refractivity contribution in [3.63, 3.8) is 0 Å². The lowest BCUT2D eigenvalue weighted by Gasteiger charge is -1.87. The Morgan fingerprint density at radius 3 is 2.83 bits per heavy atom. The summed E-state index contributed by atoms with van der Waals surface area (Å²) in [6.07, 6.45) is 0. The molecule has 0 fully saturated rings. The van der Waals surface area contributed by atoms with Crippen LogP contribution in [0, 0.1) is 4.91 Å². The second-order valence-corrected chi connectivity index (χ2v) is 0.607. The third-order valence-corrected chi connectivity index (χ3v) is 0.262. The Morgan fingerprint density at radius 2 is 2.67 bits per heavy atom. The molecule has 0 atom stereocenters. The van der Waals surface area contributed by atoms with Gasteiger partial charge in [0.05, 0.1) is 0 Å². The zero-order chi connectivity index (χ0) is 4.83. The molecule has 6 heavy (non-hydrogen) atoms. The Labute approximate surface area is 35.4 Å². The maximum Gasteiger partial charge on any atom is 0.199 e. The third kappa shape index (κ3) is 3.52. The topological polar surface area (TPSA) is 50.7 Å². The molecule has 0 aromatic heterocycles. The van der Waals surface area contributed by atoms with E-state index in [0.29, 0.717) is 0 Å². The Kier molecular flexibility index (Phi) is 4.16. The number of nitrogens with zero attached hydrogens (tertiary/aromatic N) is 1. The van der Waals surface area contributed by atoms with Crippen molar-refractivity contribution in [3.05, 3.63) is 4.91 Å². The minimum Gasteiger partial charge on any atom is -0.275 e. The van der Waals surface area contributed by atoms with E-state index in [4.69, 9.17) is 4.91 Å². The van der Waals surface area contributed by atoms with Crippen LogP contribution in [0.3, 0.4) is 0 Å². The first kappa shape index (κ1) is 5.52. The van der Waals surface area contributed by atoms with E-state index in [0.717, 1.165) is 0 Å². The van der Waals surface area contributed by atoms with Gasteiger partial charge in [0.2, 0.25) is 0 Å². The van der Waals surface area contributed by atoms with Gasteiger partial charge in [0.1, 0.15) is 0 Å². The van der Waals surface area contributed by atoms with Crippen LogP contribution in [-0.2, 0) is 4.84 Å². The van der Waals surface area contributed by atoms with Crippen molar-refractivity contribution in [2.24, 2.45) is 5.18 Å². The minimum atomic E-state index is -0.128. The number of nitrogens with one attached hydrogen (secondary N) is 1. The monoisotopic (exact) mass is 90.0 g/mol. The van der Waals surface area contributed by atoms with Crippen molar-refractivity contribution < 1.29 is 4.84 Å². The molecule has 0 amide bonds. The molecule has 0 aliphatic rings. The SMILES string of the molecule is CNOCN=O. The average Bonchev–Trinajstić information content (AvgIpc) is 1.61. The van der Waals surface area contributed by atoms with Crippen molar-refractivity contribution in [1.29, 1.82) is 0 Å². The highest BCUT2D eigenvalue weighted by Gasteiger charge is 1.70. The van der Waals surface area contributed by atoms with Crippen LogP contribution in [0.25, 0.3) is 0 Å². The van der Waals surface area contributed by atoms with Gasteiger partial charge in [0, 0.05) is 7.05 Å². The summed E-state index contributed by atoms with van der Waals surface area (Å²) in [5.74, 6) is 0. The van der Waals surface area contributed by atoms with Gasteiger partial charge in [-0.2, -0.15) is 0 Å². The molecule has 36 valence electrons. The fraction of sp³-hybridized carbons (Fsp3) is 1.00. The summed E-state index contributed by atoms with van der Waals surface area (Å²) >= 11 is 0. The summed E-state index contributed by atoms with van der Waals surface area (Å²) in [5.41, 5.74) is 2.27. The highest BCUT2D eigenvalue weighted by molar-refractivity contribution is 4.14. The molecule has 0 bridgehead atoms. The Balaban J connectivity index is 2.49. The van der Waals surface area contributed by atoms with Crippen LogP contribution in [0.15, 0.2) is 5.18 Å². The van der Waals surface area contributed by atoms with Gasteiger partial charge in [-0.1, -0.05) is 0 Å². The van der Waals surface area contributed by atoms with Crippen LogP contribution in [0.2, 0.25) is 0 Å². The minimum absolute atomic E-state index is 0.128. The molecule has 0 saturated carbocycles. The first-order valence-corrected chi connectivity index (χ1v) is 1.49. The lowest BCUT2D eigenvalue weighted by Crippen LogP contribution is -2.05. The Morgan fingerprint density at radius 1 is 2.00 bits per heavy atom. The van der Waals surface area contributed by atoms with E-state index in [-0.39, 0.29) is 6.73 Å². The van der Waals surface area contributed by atoms with Crippen molar-refractivity contribution in [2.45, 2.75) is 0 Å². The lowest BCUT2D eigenvalue weighted by molar-refractivity contribution is 0.0636. The largest absolute Gasteiger partial charge is 0.275 e. The van der Waals surface area contributed by atoms with E-state index in [2.05, 4.69) is 15.5 Å². The van der Waals surface area contributed by atoms with Crippen LogP contribution >= 0.6 is 0 Å². The summed E-state index contributed by atoms with van der Waals surface area (Å²) in [5, 5.41) is 2.39. The van der Waals surface area contributed by atoms with Gasteiger partial charge in [0.15, 0.2) is 6.73 Å². The molecule has 0 aliphatic heterocycles. The van der Waals surface area contributed by atoms with Crippen LogP contribution in [0.5, 0.6) is 0 Å². The molecule has 4 heteroatoms. The molecule has 0 aromatic carbocycles. The summed E-state index contributed by atoms with van der Waals surface area (Å²) in [7, 11) is 1.56. The number of hydrogen-bond acceptors (Lipinski definition) is 4. The van der Waals surface area contributed by atoms with Gasteiger partial charge in [-0.25, -0.2) is 5.48 Å². The first-order chi connectivity index (χ1) is 2.91. The van der Waals surface area contributed by atoms with Crippen LogP contribution in [0.1, 0.15) is 0 Å². The molecule has 0 radical (unpaired) electrons. The third-order valence-electron chi connectivity index (χ3n) is 0.262. The van der Waals surface area contributed by atoms with Crippen molar-refractivity contribution in [1.82, 2.24) is 5.48 Å². The summed E-state index contributed by atoms with van der Waals surface area (Å²) in [6.45, 7) is -0.128. The van der Waals surface area contributed by atoms with Gasteiger partial charge in [0.25, 0.3) is 0 Å². The zero-order valence-electron chi connectivity index (χ0n) is 3.47. The van der Waals surface area contributed by atoms with E-state index in [1.807, 2.05) is 0 Å². The number of rotatable bonds is 3. The quantitative estimate of drug-likeness (QED) is 0.298. The van der Waals surface area contributed by atoms with Gasteiger partial charge < -0.3 is 0 Å². The fourth-order valence-corrected chi connectivity index (χ4v) is 0.0909. The molecule has 0 saturated heterocycles. The first-order valence-electron chi connectivity index (χ1n) is 1.49. The zero-order valence-corrected chi connectivity index (χ0v) is 3.47. The predicted octanol–water partition coefficient (Wildman–Crippen LogP) is -0.139. The lowest BCUT2D eigenvalue weighted by atomic mass is 11.4. The molecule has 0 aliphatic carbocycles. The predicted molar refractivity (Wildman–Crippen MR) is 20.8 cm³/mol. The van der Waals surface area contributed by atoms with Crippen molar-refractivity contribution in [2.75, 3.05) is 13.8 Å². The smallest absolute Gasteiger partial charge is 0.199 e. The fourth-order valence-electron chi connectivity index (χ4n) is 0.0909. The van der Waals surface area contributed by atoms with Crippen LogP contribution < -0.4 is 5.48 Å². The van der Waals surface area contributed by atoms with Crippen LogP contribution in [0.4, 0.5) is 0 Å². The molecular weight excluding hydrogens is 84.0 g/mol. The summed E-state index contributed by atoms with van der Waals surface area (Å²) in [6, 6.07) is 0. The van der Waals surface area contributed by atoms with Gasteiger partial charge in [-0.15, -0.1) is 4.91 Å². The van der Waals surface area contributed by atoms with Gasteiger partial charge >= 0.3 is 0 Å². The molecule has 0 heterocycles. The molecule has 4 nitrogen and oxygen atoms in total. The molecule has 0 aromatic rings. The summed E-state index contributed by atoms with van der Waals surface area (Å²) < 4.78 is 0. The molecule has 1 N–H and O–H groups in total. The van der Waals surface area contributed by atoms with Gasteiger partial charge in [-0.3, -0.25) is 4.84 Å². The maximum atomic E-state index is 9.15. The average molecular weight is 90.1 g/mol. The van der Waals surface area contributed by atoms with Crippen molar-refractivity contribution >= 4 is 0 Å². The number of hydroxylamine groups is 1. The van der Waals surface area contributed by atoms with E-state index >= 15 is 0 Å². The second kappa shape index (κ2) is 4.52. The Bertz CT molecular complexity index is 38.5. The molecule has 0 unspecified atom stereocenters. The molecule has 0 spiro atoms. The van der Waals surface area contributed by atoms with Gasteiger partial charge in [-0.05, 0) is 5.18 Å². The molecular formula is C2H6N2O2. The van der Waals surface area contributed by atoms with E-state index in [9.17, 15) is 0 Å². The Hall–Kier alpha value is -0.480. The van der Waals surface area contributed by atoms with E-state index < -0.39 is 0 Å². The summed E-state index contributed by atoms with van der Waals surface area (Å²) in [4.78, 5) is 13.4. The highest BCUT2D eigenvalue weighted by atomic mass is 16.7. The molecule has 0 rings (SSSR count). The normalized spacial score (nSPS) is 8.17. The second-order valence-electron chi connectivity index (χ2n) is 0.607. The number of nitroso groups, excluding NO2 is 1. The number of hydrogen-bond donors (Lipinski definition) is 1. The van der Waals surface area contributed by atoms with Crippen molar-refractivity contribution in [3.8, 4) is 0 Å². The van der Waals surface area contributed by atoms with E-state index in [1.54, 1.807) is 7.05 Å².